The van der Waals surface area contributed by atoms with E-state index in [1.165, 1.54) is 0 Å². The third-order valence-electron chi connectivity index (χ3n) is 3.91. The van der Waals surface area contributed by atoms with Crippen LogP contribution >= 0.6 is 0 Å². The van der Waals surface area contributed by atoms with Crippen LogP contribution in [0.5, 0.6) is 0 Å². The van der Waals surface area contributed by atoms with E-state index in [4.69, 9.17) is 4.52 Å². The Labute approximate surface area is 156 Å². The summed E-state index contributed by atoms with van der Waals surface area (Å²) in [4.78, 5) is 24.7. The molecule has 2 aromatic carbocycles. The van der Waals surface area contributed by atoms with Gasteiger partial charge >= 0.3 is 0 Å². The van der Waals surface area contributed by atoms with E-state index in [0.717, 1.165) is 11.1 Å². The molecule has 1 aromatic heterocycles. The van der Waals surface area contributed by atoms with Gasteiger partial charge in [0.1, 0.15) is 5.69 Å². The van der Waals surface area contributed by atoms with Gasteiger partial charge in [-0.05, 0) is 19.1 Å². The molecule has 0 spiro atoms. The van der Waals surface area contributed by atoms with Crippen molar-refractivity contribution >= 4 is 17.5 Å². The maximum atomic E-state index is 12.5. The Kier molecular flexibility index (Phi) is 5.47. The summed E-state index contributed by atoms with van der Waals surface area (Å²) in [7, 11) is 0. The van der Waals surface area contributed by atoms with Crippen LogP contribution in [0.25, 0.3) is 11.3 Å². The second kappa shape index (κ2) is 8.14. The molecule has 0 atom stereocenters. The van der Waals surface area contributed by atoms with Crippen LogP contribution in [0.3, 0.4) is 0 Å². The molecule has 2 N–H and O–H groups in total. The SMILES string of the molecule is C=CCNC(=O)c1ccccc1NC(=O)c1cc(-c2ccc(C)cc2)no1. The number of aryl methyl sites for hydroxylation is 1. The number of nitrogens with zero attached hydrogens (tertiary/aromatic N) is 1. The summed E-state index contributed by atoms with van der Waals surface area (Å²) in [6.07, 6.45) is 1.58. The third kappa shape index (κ3) is 4.30. The second-order valence-electron chi connectivity index (χ2n) is 5.94. The van der Waals surface area contributed by atoms with Gasteiger partial charge in [-0.25, -0.2) is 0 Å². The van der Waals surface area contributed by atoms with E-state index in [1.807, 2.05) is 31.2 Å². The Morgan fingerprint density at radius 1 is 1.11 bits per heavy atom. The molecular formula is C21H19N3O3. The van der Waals surface area contributed by atoms with Crippen molar-refractivity contribution in [3.05, 3.63) is 84.1 Å². The monoisotopic (exact) mass is 361 g/mol. The maximum Gasteiger partial charge on any atom is 0.294 e. The molecule has 3 aromatic rings. The zero-order valence-electron chi connectivity index (χ0n) is 14.9. The average molecular weight is 361 g/mol. The fourth-order valence-corrected chi connectivity index (χ4v) is 2.48. The van der Waals surface area contributed by atoms with Crippen LogP contribution in [0.2, 0.25) is 0 Å². The Morgan fingerprint density at radius 3 is 2.59 bits per heavy atom. The number of benzene rings is 2. The number of carbonyl (C=O) groups is 2. The topological polar surface area (TPSA) is 84.2 Å². The molecular weight excluding hydrogens is 342 g/mol. The highest BCUT2D eigenvalue weighted by molar-refractivity contribution is 6.08. The number of anilines is 1. The van der Waals surface area contributed by atoms with Gasteiger partial charge in [0, 0.05) is 18.2 Å². The van der Waals surface area contributed by atoms with Gasteiger partial charge in [0.25, 0.3) is 11.8 Å². The maximum absolute atomic E-state index is 12.5. The highest BCUT2D eigenvalue weighted by Crippen LogP contribution is 2.21. The van der Waals surface area contributed by atoms with E-state index in [1.54, 1.807) is 36.4 Å². The molecule has 1 heterocycles. The lowest BCUT2D eigenvalue weighted by Crippen LogP contribution is -2.25. The van der Waals surface area contributed by atoms with Gasteiger partial charge in [0.15, 0.2) is 0 Å². The van der Waals surface area contributed by atoms with Crippen LogP contribution in [0.1, 0.15) is 26.5 Å². The summed E-state index contributed by atoms with van der Waals surface area (Å²) < 4.78 is 5.17. The lowest BCUT2D eigenvalue weighted by atomic mass is 10.1. The first-order chi connectivity index (χ1) is 13.1. The van der Waals surface area contributed by atoms with E-state index in [0.29, 0.717) is 23.5 Å². The van der Waals surface area contributed by atoms with Crippen LogP contribution in [0.15, 0.2) is 71.8 Å². The van der Waals surface area contributed by atoms with Gasteiger partial charge in [-0.3, -0.25) is 9.59 Å². The lowest BCUT2D eigenvalue weighted by molar-refractivity contribution is 0.0959. The highest BCUT2D eigenvalue weighted by atomic mass is 16.5. The molecule has 0 aliphatic rings. The number of para-hydroxylation sites is 1. The van der Waals surface area contributed by atoms with Gasteiger partial charge in [0.05, 0.1) is 11.3 Å². The molecule has 2 amide bonds. The minimum Gasteiger partial charge on any atom is -0.350 e. The Bertz CT molecular complexity index is 974. The van der Waals surface area contributed by atoms with Crippen LogP contribution in [-0.2, 0) is 0 Å². The van der Waals surface area contributed by atoms with E-state index in [9.17, 15) is 9.59 Å². The van der Waals surface area contributed by atoms with E-state index < -0.39 is 5.91 Å². The summed E-state index contributed by atoms with van der Waals surface area (Å²) in [6, 6.07) is 16.1. The smallest absolute Gasteiger partial charge is 0.294 e. The molecule has 0 radical (unpaired) electrons. The number of carbonyl (C=O) groups excluding carboxylic acids is 2. The molecule has 0 aliphatic carbocycles. The molecule has 0 fully saturated rings. The van der Waals surface area contributed by atoms with Crippen molar-refractivity contribution in [2.75, 3.05) is 11.9 Å². The molecule has 6 heteroatoms. The van der Waals surface area contributed by atoms with Crippen molar-refractivity contribution in [2.45, 2.75) is 6.92 Å². The summed E-state index contributed by atoms with van der Waals surface area (Å²) in [5, 5.41) is 9.34. The zero-order valence-corrected chi connectivity index (χ0v) is 14.9. The Balaban J connectivity index is 1.77. The summed E-state index contributed by atoms with van der Waals surface area (Å²) in [5.74, 6) is -0.722. The molecule has 136 valence electrons. The van der Waals surface area contributed by atoms with Gasteiger partial charge in [-0.2, -0.15) is 0 Å². The normalized spacial score (nSPS) is 10.3. The predicted molar refractivity (Wildman–Crippen MR) is 104 cm³/mol. The van der Waals surface area contributed by atoms with Crippen LogP contribution in [0.4, 0.5) is 5.69 Å². The first kappa shape index (κ1) is 18.1. The number of amides is 2. The number of nitrogens with one attached hydrogen (secondary N) is 2. The Morgan fingerprint density at radius 2 is 1.85 bits per heavy atom. The predicted octanol–water partition coefficient (Wildman–Crippen LogP) is 3.82. The van der Waals surface area contributed by atoms with Crippen LogP contribution < -0.4 is 10.6 Å². The van der Waals surface area contributed by atoms with Crippen molar-refractivity contribution in [3.8, 4) is 11.3 Å². The average Bonchev–Trinajstić information content (AvgIpc) is 3.17. The number of rotatable bonds is 6. The summed E-state index contributed by atoms with van der Waals surface area (Å²) in [5.41, 5.74) is 3.29. The molecule has 0 saturated heterocycles. The molecule has 0 bridgehead atoms. The van der Waals surface area contributed by atoms with Crippen molar-refractivity contribution in [1.29, 1.82) is 0 Å². The van der Waals surface area contributed by atoms with Crippen molar-refractivity contribution in [2.24, 2.45) is 0 Å². The van der Waals surface area contributed by atoms with E-state index >= 15 is 0 Å². The molecule has 0 unspecified atom stereocenters. The minimum absolute atomic E-state index is 0.0619. The molecule has 3 rings (SSSR count). The highest BCUT2D eigenvalue weighted by Gasteiger charge is 2.17. The zero-order chi connectivity index (χ0) is 19.2. The summed E-state index contributed by atoms with van der Waals surface area (Å²) in [6.45, 7) is 5.90. The largest absolute Gasteiger partial charge is 0.350 e. The Hall–Kier alpha value is -3.67. The molecule has 6 nitrogen and oxygen atoms in total. The molecule has 0 saturated carbocycles. The second-order valence-corrected chi connectivity index (χ2v) is 5.94. The number of aromatic nitrogens is 1. The standard InChI is InChI=1S/C21H19N3O3/c1-3-12-22-20(25)16-6-4-5-7-17(16)23-21(26)19-13-18(24-27-19)15-10-8-14(2)9-11-15/h3-11,13H,1,12H2,2H3,(H,22,25)(H,23,26). The third-order valence-corrected chi connectivity index (χ3v) is 3.91. The van der Waals surface area contributed by atoms with Gasteiger partial charge in [-0.1, -0.05) is 53.2 Å². The fraction of sp³-hybridized carbons (Fsp3) is 0.0952. The summed E-state index contributed by atoms with van der Waals surface area (Å²) >= 11 is 0. The van der Waals surface area contributed by atoms with Gasteiger partial charge < -0.3 is 15.2 Å². The molecule has 27 heavy (non-hydrogen) atoms. The quantitative estimate of drug-likeness (QED) is 0.654. The van der Waals surface area contributed by atoms with Gasteiger partial charge in [-0.15, -0.1) is 6.58 Å². The number of hydrogen-bond donors (Lipinski definition) is 2. The van der Waals surface area contributed by atoms with Crippen LogP contribution in [-0.4, -0.2) is 23.5 Å². The number of hydrogen-bond acceptors (Lipinski definition) is 4. The fourth-order valence-electron chi connectivity index (χ4n) is 2.48. The minimum atomic E-state index is -0.482. The lowest BCUT2D eigenvalue weighted by Gasteiger charge is -2.09. The van der Waals surface area contributed by atoms with E-state index in [2.05, 4.69) is 22.4 Å². The van der Waals surface area contributed by atoms with Crippen molar-refractivity contribution in [1.82, 2.24) is 10.5 Å². The molecule has 0 aliphatic heterocycles. The first-order valence-corrected chi connectivity index (χ1v) is 8.41. The van der Waals surface area contributed by atoms with Crippen molar-refractivity contribution < 1.29 is 14.1 Å². The first-order valence-electron chi connectivity index (χ1n) is 8.41. The van der Waals surface area contributed by atoms with Crippen LogP contribution in [0, 0.1) is 6.92 Å². The van der Waals surface area contributed by atoms with Crippen molar-refractivity contribution in [3.63, 3.8) is 0 Å². The van der Waals surface area contributed by atoms with E-state index in [-0.39, 0.29) is 11.7 Å². The van der Waals surface area contributed by atoms with Gasteiger partial charge in [0.2, 0.25) is 5.76 Å².